The number of carbonyl (C=O) groups is 5. The summed E-state index contributed by atoms with van der Waals surface area (Å²) in [5.41, 5.74) is 16.9. The molecule has 13 heteroatoms. The van der Waals surface area contributed by atoms with E-state index in [4.69, 9.17) is 22.0 Å². The zero-order chi connectivity index (χ0) is 37.0. The van der Waals surface area contributed by atoms with Crippen LogP contribution in [-0.4, -0.2) is 80.0 Å². The van der Waals surface area contributed by atoms with Crippen molar-refractivity contribution in [3.05, 3.63) is 0 Å². The maximum Gasteiger partial charge on any atom is 0.268 e. The number of amides is 5. The number of rotatable bonds is 31. The van der Waals surface area contributed by atoms with Crippen LogP contribution in [0.25, 0.3) is 0 Å². The Bertz CT molecular complexity index is 938. The molecule has 49 heavy (non-hydrogen) atoms. The summed E-state index contributed by atoms with van der Waals surface area (Å²) in [6.07, 6.45) is 17.7. The average Bonchev–Trinajstić information content (AvgIpc) is 3.07. The number of primary amides is 1. The molecular formula is C36H71N7O6. The van der Waals surface area contributed by atoms with E-state index in [9.17, 15) is 24.0 Å². The molecule has 0 saturated heterocycles. The van der Waals surface area contributed by atoms with Crippen LogP contribution >= 0.6 is 0 Å². The van der Waals surface area contributed by atoms with Crippen molar-refractivity contribution < 1.29 is 28.8 Å². The van der Waals surface area contributed by atoms with Crippen molar-refractivity contribution in [3.63, 3.8) is 0 Å². The van der Waals surface area contributed by atoms with Crippen LogP contribution in [-0.2, 0) is 28.8 Å². The van der Waals surface area contributed by atoms with Crippen LogP contribution in [0.3, 0.4) is 0 Å². The number of nitrogens with two attached hydrogens (primary N) is 3. The summed E-state index contributed by atoms with van der Waals surface area (Å²) in [4.78, 5) is 69.4. The Morgan fingerprint density at radius 1 is 0.633 bits per heavy atom. The molecule has 0 aliphatic carbocycles. The van der Waals surface area contributed by atoms with Crippen molar-refractivity contribution in [1.29, 1.82) is 0 Å². The fourth-order valence-electron chi connectivity index (χ4n) is 6.01. The fraction of sp³-hybridized carbons (Fsp3) is 0.861. The maximum absolute atomic E-state index is 13.6. The lowest BCUT2D eigenvalue weighted by molar-refractivity contribution is -0.171. The van der Waals surface area contributed by atoms with E-state index in [0.29, 0.717) is 51.6 Å². The first-order valence-electron chi connectivity index (χ1n) is 18.8. The van der Waals surface area contributed by atoms with Gasteiger partial charge in [0.2, 0.25) is 23.6 Å². The Morgan fingerprint density at radius 3 is 1.57 bits per heavy atom. The minimum atomic E-state index is -0.978. The Kier molecular flexibility index (Phi) is 27.4. The number of hydroxylamine groups is 2. The Morgan fingerprint density at radius 2 is 1.08 bits per heavy atom. The maximum atomic E-state index is 13.6. The number of unbranched alkanes of at least 4 members (excludes halogenated alkanes) is 12. The SMILES string of the molecule is CCCCCCCCCCCCCC(CC(N)=O)[C@H](CCCCN)C(=O)N[C@@H](C)C(=O)N[C@@H](C)C(=O)N[C@@H](CCCCN)C(=O)N(C)OC. The molecule has 0 spiro atoms. The smallest absolute Gasteiger partial charge is 0.268 e. The summed E-state index contributed by atoms with van der Waals surface area (Å²) < 4.78 is 0. The van der Waals surface area contributed by atoms with E-state index < -0.39 is 47.7 Å². The lowest BCUT2D eigenvalue weighted by atomic mass is 9.81. The highest BCUT2D eigenvalue weighted by molar-refractivity contribution is 5.94. The summed E-state index contributed by atoms with van der Waals surface area (Å²) in [7, 11) is 2.81. The third-order valence-corrected chi connectivity index (χ3v) is 9.17. The molecule has 1 unspecified atom stereocenters. The van der Waals surface area contributed by atoms with Gasteiger partial charge in [-0.15, -0.1) is 0 Å². The first kappa shape index (κ1) is 46.2. The summed E-state index contributed by atoms with van der Waals surface area (Å²) >= 11 is 0. The molecule has 9 N–H and O–H groups in total. The Balaban J connectivity index is 5.24. The molecule has 0 aromatic carbocycles. The van der Waals surface area contributed by atoms with E-state index in [1.165, 1.54) is 72.4 Å². The normalized spacial score (nSPS) is 14.3. The van der Waals surface area contributed by atoms with Crippen molar-refractivity contribution >= 4 is 29.5 Å². The van der Waals surface area contributed by atoms with E-state index >= 15 is 0 Å². The zero-order valence-corrected chi connectivity index (χ0v) is 31.4. The second-order valence-electron chi connectivity index (χ2n) is 13.5. The van der Waals surface area contributed by atoms with Crippen molar-refractivity contribution in [2.75, 3.05) is 27.2 Å². The number of carbonyl (C=O) groups excluding carboxylic acids is 5. The van der Waals surface area contributed by atoms with Crippen LogP contribution in [0.1, 0.15) is 143 Å². The van der Waals surface area contributed by atoms with Crippen molar-refractivity contribution in [2.45, 2.75) is 161 Å². The minimum Gasteiger partial charge on any atom is -0.370 e. The summed E-state index contributed by atoms with van der Waals surface area (Å²) in [6, 6.07) is -2.77. The average molecular weight is 698 g/mol. The Labute approximate surface area is 296 Å². The summed E-state index contributed by atoms with van der Waals surface area (Å²) in [6.45, 7) is 6.24. The lowest BCUT2D eigenvalue weighted by Crippen LogP contribution is -2.55. The monoisotopic (exact) mass is 698 g/mol. The number of nitrogens with one attached hydrogen (secondary N) is 3. The van der Waals surface area contributed by atoms with Crippen molar-refractivity contribution in [3.8, 4) is 0 Å². The predicted octanol–water partition coefficient (Wildman–Crippen LogP) is 3.57. The van der Waals surface area contributed by atoms with Gasteiger partial charge >= 0.3 is 0 Å². The molecular weight excluding hydrogens is 626 g/mol. The van der Waals surface area contributed by atoms with Gasteiger partial charge in [-0.25, -0.2) is 5.06 Å². The van der Waals surface area contributed by atoms with E-state index in [-0.39, 0.29) is 18.2 Å². The predicted molar refractivity (Wildman–Crippen MR) is 195 cm³/mol. The number of hydrogen-bond donors (Lipinski definition) is 6. The third kappa shape index (κ3) is 21.8. The van der Waals surface area contributed by atoms with E-state index in [1.54, 1.807) is 6.92 Å². The third-order valence-electron chi connectivity index (χ3n) is 9.17. The van der Waals surface area contributed by atoms with Crippen LogP contribution in [0.15, 0.2) is 0 Å². The zero-order valence-electron chi connectivity index (χ0n) is 31.4. The van der Waals surface area contributed by atoms with Gasteiger partial charge in [-0.2, -0.15) is 0 Å². The van der Waals surface area contributed by atoms with Crippen LogP contribution in [0.4, 0.5) is 0 Å². The molecule has 0 aliphatic heterocycles. The van der Waals surface area contributed by atoms with Crippen LogP contribution in [0.5, 0.6) is 0 Å². The quantitative estimate of drug-likeness (QED) is 0.0465. The molecule has 0 bridgehead atoms. The molecule has 0 fully saturated rings. The van der Waals surface area contributed by atoms with Gasteiger partial charge in [-0.05, 0) is 71.4 Å². The largest absolute Gasteiger partial charge is 0.370 e. The van der Waals surface area contributed by atoms with Gasteiger partial charge in [0.1, 0.15) is 18.1 Å². The highest BCUT2D eigenvalue weighted by Crippen LogP contribution is 2.28. The molecule has 286 valence electrons. The highest BCUT2D eigenvalue weighted by atomic mass is 16.7. The molecule has 0 aromatic heterocycles. The standard InChI is InChI=1S/C36H71N7O6/c1-6-7-8-9-10-11-12-13-14-15-16-21-29(26-32(39)44)30(22-17-19-24-37)35(47)41-27(2)33(45)40-28(3)34(46)42-31(23-18-20-25-38)36(48)43(4)49-5/h27-31H,6-26,37-38H2,1-5H3,(H2,39,44)(H,40,45)(H,41,47)(H,42,46)/t27-,28-,29?,30-,31-/m0/s1. The summed E-state index contributed by atoms with van der Waals surface area (Å²) in [5, 5.41) is 9.18. The number of nitrogens with zero attached hydrogens (tertiary/aromatic N) is 1. The molecule has 0 heterocycles. The molecule has 5 atom stereocenters. The van der Waals surface area contributed by atoms with Crippen molar-refractivity contribution in [2.24, 2.45) is 29.0 Å². The van der Waals surface area contributed by atoms with Crippen LogP contribution < -0.4 is 33.2 Å². The second kappa shape index (κ2) is 29.0. The number of likely N-dealkylation sites (N-methyl/N-ethyl adjacent to an activating group) is 1. The molecule has 0 aromatic rings. The van der Waals surface area contributed by atoms with Crippen LogP contribution in [0, 0.1) is 11.8 Å². The molecule has 0 saturated carbocycles. The lowest BCUT2D eigenvalue weighted by Gasteiger charge is -2.28. The van der Waals surface area contributed by atoms with E-state index in [0.717, 1.165) is 30.7 Å². The van der Waals surface area contributed by atoms with Gasteiger partial charge in [0.05, 0.1) is 7.11 Å². The van der Waals surface area contributed by atoms with Gasteiger partial charge in [-0.3, -0.25) is 28.8 Å². The summed E-state index contributed by atoms with van der Waals surface area (Å²) in [5.74, 6) is -3.04. The van der Waals surface area contributed by atoms with Gasteiger partial charge < -0.3 is 33.2 Å². The van der Waals surface area contributed by atoms with Gasteiger partial charge in [0, 0.05) is 19.4 Å². The fourth-order valence-corrected chi connectivity index (χ4v) is 6.01. The Hall–Kier alpha value is -2.77. The second-order valence-corrected chi connectivity index (χ2v) is 13.5. The van der Waals surface area contributed by atoms with Gasteiger partial charge in [-0.1, -0.05) is 84.0 Å². The molecule has 0 aliphatic rings. The molecule has 13 nitrogen and oxygen atoms in total. The van der Waals surface area contributed by atoms with Gasteiger partial charge in [0.25, 0.3) is 5.91 Å². The van der Waals surface area contributed by atoms with E-state index in [1.807, 2.05) is 0 Å². The van der Waals surface area contributed by atoms with Crippen LogP contribution in [0.2, 0.25) is 0 Å². The minimum absolute atomic E-state index is 0.0969. The van der Waals surface area contributed by atoms with E-state index in [2.05, 4.69) is 22.9 Å². The molecule has 0 radical (unpaired) electrons. The first-order valence-corrected chi connectivity index (χ1v) is 18.8. The van der Waals surface area contributed by atoms with Gasteiger partial charge in [0.15, 0.2) is 0 Å². The topological polar surface area (TPSA) is 212 Å². The highest BCUT2D eigenvalue weighted by Gasteiger charge is 2.32. The molecule has 0 rings (SSSR count). The first-order chi connectivity index (χ1) is 23.4. The number of hydrogen-bond acceptors (Lipinski definition) is 8. The molecule has 5 amide bonds. The van der Waals surface area contributed by atoms with Crippen molar-refractivity contribution in [1.82, 2.24) is 21.0 Å².